The van der Waals surface area contributed by atoms with Gasteiger partial charge in [-0.3, -0.25) is 0 Å². The zero-order chi connectivity index (χ0) is 15.7. The molecule has 1 aromatic carbocycles. The molecule has 0 fully saturated rings. The Morgan fingerprint density at radius 3 is 2.24 bits per heavy atom. The molecule has 0 radical (unpaired) electrons. The number of sulfone groups is 1. The maximum Gasteiger partial charge on any atom is 0.253 e. The first-order valence-corrected chi connectivity index (χ1v) is 8.31. The summed E-state index contributed by atoms with van der Waals surface area (Å²) in [6, 6.07) is 6.19. The maximum absolute atomic E-state index is 11.3. The van der Waals surface area contributed by atoms with Gasteiger partial charge in [0.05, 0.1) is 4.90 Å². The second-order valence-electron chi connectivity index (χ2n) is 5.78. The standard InChI is InChI=1S/C14H18N2O4S/c1-14(2,3)13-16-15-12(20-13)9-19-10-5-7-11(8-6-10)21(4,17)18/h5-8H,9H2,1-4H3. The largest absolute Gasteiger partial charge is 0.484 e. The Morgan fingerprint density at radius 1 is 1.14 bits per heavy atom. The smallest absolute Gasteiger partial charge is 0.253 e. The predicted octanol–water partition coefficient (Wildman–Crippen LogP) is 2.35. The second-order valence-corrected chi connectivity index (χ2v) is 7.80. The molecule has 2 rings (SSSR count). The molecule has 0 spiro atoms. The summed E-state index contributed by atoms with van der Waals surface area (Å²) >= 11 is 0. The van der Waals surface area contributed by atoms with Gasteiger partial charge in [0.25, 0.3) is 5.89 Å². The van der Waals surface area contributed by atoms with Gasteiger partial charge in [-0.15, -0.1) is 10.2 Å². The van der Waals surface area contributed by atoms with E-state index in [4.69, 9.17) is 9.15 Å². The second kappa shape index (κ2) is 5.48. The van der Waals surface area contributed by atoms with E-state index in [1.807, 2.05) is 20.8 Å². The van der Waals surface area contributed by atoms with Crippen molar-refractivity contribution in [2.45, 2.75) is 37.7 Å². The molecular weight excluding hydrogens is 292 g/mol. The zero-order valence-electron chi connectivity index (χ0n) is 12.5. The minimum Gasteiger partial charge on any atom is -0.484 e. The Hall–Kier alpha value is -1.89. The van der Waals surface area contributed by atoms with Crippen LogP contribution in [0.5, 0.6) is 5.75 Å². The first-order chi connectivity index (χ1) is 9.66. The van der Waals surface area contributed by atoms with Crippen molar-refractivity contribution in [3.8, 4) is 5.75 Å². The van der Waals surface area contributed by atoms with Gasteiger partial charge < -0.3 is 9.15 Å². The van der Waals surface area contributed by atoms with Crippen LogP contribution < -0.4 is 4.74 Å². The fourth-order valence-electron chi connectivity index (χ4n) is 1.54. The van der Waals surface area contributed by atoms with Gasteiger partial charge in [0.15, 0.2) is 16.4 Å². The summed E-state index contributed by atoms with van der Waals surface area (Å²) in [4.78, 5) is 0.252. The van der Waals surface area contributed by atoms with Gasteiger partial charge in [-0.2, -0.15) is 0 Å². The maximum atomic E-state index is 11.3. The van der Waals surface area contributed by atoms with Crippen LogP contribution in [0.15, 0.2) is 33.6 Å². The van der Waals surface area contributed by atoms with Gasteiger partial charge in [-0.25, -0.2) is 8.42 Å². The molecular formula is C14H18N2O4S. The molecule has 21 heavy (non-hydrogen) atoms. The Kier molecular flexibility index (Phi) is 4.04. The van der Waals surface area contributed by atoms with Gasteiger partial charge in [0, 0.05) is 11.7 Å². The Bertz CT molecular complexity index is 712. The summed E-state index contributed by atoms with van der Waals surface area (Å²) in [5.74, 6) is 1.47. The molecule has 1 heterocycles. The number of nitrogens with zero attached hydrogens (tertiary/aromatic N) is 2. The van der Waals surface area contributed by atoms with Crippen LogP contribution in [-0.2, 0) is 21.9 Å². The highest BCUT2D eigenvalue weighted by atomic mass is 32.2. The third-order valence-corrected chi connectivity index (χ3v) is 3.85. The van der Waals surface area contributed by atoms with Crippen LogP contribution >= 0.6 is 0 Å². The lowest BCUT2D eigenvalue weighted by Crippen LogP contribution is -2.11. The van der Waals surface area contributed by atoms with Crippen LogP contribution in [0.1, 0.15) is 32.6 Å². The molecule has 7 heteroatoms. The van der Waals surface area contributed by atoms with Gasteiger partial charge >= 0.3 is 0 Å². The van der Waals surface area contributed by atoms with Gasteiger partial charge in [-0.1, -0.05) is 20.8 Å². The van der Waals surface area contributed by atoms with E-state index >= 15 is 0 Å². The van der Waals surface area contributed by atoms with E-state index in [0.717, 1.165) is 6.26 Å². The first-order valence-electron chi connectivity index (χ1n) is 6.42. The SMILES string of the molecule is CC(C)(C)c1nnc(COc2ccc(S(C)(=O)=O)cc2)o1. The van der Waals surface area contributed by atoms with Gasteiger partial charge in [-0.05, 0) is 24.3 Å². The fraction of sp³-hybridized carbons (Fsp3) is 0.429. The van der Waals surface area contributed by atoms with E-state index in [0.29, 0.717) is 17.5 Å². The first kappa shape index (κ1) is 15.5. The van der Waals surface area contributed by atoms with Crippen molar-refractivity contribution in [2.24, 2.45) is 0 Å². The van der Waals surface area contributed by atoms with Crippen molar-refractivity contribution < 1.29 is 17.6 Å². The molecule has 2 aromatic rings. The number of hydrogen-bond donors (Lipinski definition) is 0. The molecule has 6 nitrogen and oxygen atoms in total. The molecule has 0 aliphatic carbocycles. The highest BCUT2D eigenvalue weighted by Gasteiger charge is 2.21. The van der Waals surface area contributed by atoms with Crippen LogP contribution in [-0.4, -0.2) is 24.9 Å². The van der Waals surface area contributed by atoms with Crippen molar-refractivity contribution in [3.05, 3.63) is 36.0 Å². The van der Waals surface area contributed by atoms with Gasteiger partial charge in [0.1, 0.15) is 5.75 Å². The lowest BCUT2D eigenvalue weighted by molar-refractivity contribution is 0.251. The topological polar surface area (TPSA) is 82.3 Å². The van der Waals surface area contributed by atoms with Crippen LogP contribution in [0.25, 0.3) is 0 Å². The number of ether oxygens (including phenoxy) is 1. The van der Waals surface area contributed by atoms with Crippen molar-refractivity contribution in [1.29, 1.82) is 0 Å². The number of benzene rings is 1. The van der Waals surface area contributed by atoms with Crippen molar-refractivity contribution >= 4 is 9.84 Å². The normalized spacial score (nSPS) is 12.4. The highest BCUT2D eigenvalue weighted by Crippen LogP contribution is 2.21. The summed E-state index contributed by atoms with van der Waals surface area (Å²) in [7, 11) is -3.20. The Morgan fingerprint density at radius 2 is 1.76 bits per heavy atom. The van der Waals surface area contributed by atoms with Crippen LogP contribution in [0, 0.1) is 0 Å². The Balaban J connectivity index is 2.02. The van der Waals surface area contributed by atoms with Crippen molar-refractivity contribution in [2.75, 3.05) is 6.26 Å². The summed E-state index contributed by atoms with van der Waals surface area (Å²) in [5.41, 5.74) is -0.206. The number of aromatic nitrogens is 2. The van der Waals surface area contributed by atoms with E-state index < -0.39 is 9.84 Å². The summed E-state index contributed by atoms with van der Waals surface area (Å²) in [6.07, 6.45) is 1.16. The molecule has 1 aromatic heterocycles. The van der Waals surface area contributed by atoms with Crippen molar-refractivity contribution in [1.82, 2.24) is 10.2 Å². The van der Waals surface area contributed by atoms with E-state index in [-0.39, 0.29) is 16.9 Å². The molecule has 0 saturated carbocycles. The quantitative estimate of drug-likeness (QED) is 0.862. The number of rotatable bonds is 4. The molecule has 0 saturated heterocycles. The Labute approximate surface area is 124 Å². The predicted molar refractivity (Wildman–Crippen MR) is 76.9 cm³/mol. The summed E-state index contributed by atoms with van der Waals surface area (Å²) in [5, 5.41) is 7.89. The van der Waals surface area contributed by atoms with Gasteiger partial charge in [0.2, 0.25) is 5.89 Å². The fourth-order valence-corrected chi connectivity index (χ4v) is 2.17. The van der Waals surface area contributed by atoms with Crippen molar-refractivity contribution in [3.63, 3.8) is 0 Å². The molecule has 0 atom stereocenters. The molecule has 0 unspecified atom stereocenters. The van der Waals surface area contributed by atoms with Crippen LogP contribution in [0.2, 0.25) is 0 Å². The molecule has 0 bridgehead atoms. The average Bonchev–Trinajstić information content (AvgIpc) is 2.84. The third kappa shape index (κ3) is 4.04. The summed E-state index contributed by atoms with van der Waals surface area (Å²) in [6.45, 7) is 6.08. The average molecular weight is 310 g/mol. The number of hydrogen-bond acceptors (Lipinski definition) is 6. The third-order valence-electron chi connectivity index (χ3n) is 2.72. The minimum atomic E-state index is -3.20. The van der Waals surface area contributed by atoms with E-state index in [9.17, 15) is 8.42 Å². The summed E-state index contributed by atoms with van der Waals surface area (Å²) < 4.78 is 33.7. The molecule has 114 valence electrons. The monoisotopic (exact) mass is 310 g/mol. The van der Waals surface area contributed by atoms with E-state index in [1.165, 1.54) is 12.1 Å². The van der Waals surface area contributed by atoms with E-state index in [2.05, 4.69) is 10.2 Å². The molecule has 0 N–H and O–H groups in total. The zero-order valence-corrected chi connectivity index (χ0v) is 13.3. The molecule has 0 aliphatic heterocycles. The van der Waals surface area contributed by atoms with Crippen LogP contribution in [0.4, 0.5) is 0 Å². The molecule has 0 amide bonds. The lowest BCUT2D eigenvalue weighted by Gasteiger charge is -2.11. The molecule has 0 aliphatic rings. The van der Waals surface area contributed by atoms with Crippen LogP contribution in [0.3, 0.4) is 0 Å². The lowest BCUT2D eigenvalue weighted by atomic mass is 9.97. The van der Waals surface area contributed by atoms with E-state index in [1.54, 1.807) is 12.1 Å². The minimum absolute atomic E-state index is 0.140. The highest BCUT2D eigenvalue weighted by molar-refractivity contribution is 7.90.